The first kappa shape index (κ1) is 11.7. The van der Waals surface area contributed by atoms with E-state index >= 15 is 0 Å². The van der Waals surface area contributed by atoms with Crippen molar-refractivity contribution < 1.29 is 4.79 Å². The molecular formula is C11H22O. The molecular weight excluding hydrogens is 148 g/mol. The average Bonchev–Trinajstić information content (AvgIpc) is 1.84. The molecule has 72 valence electrons. The average molecular weight is 170 g/mol. The molecule has 12 heavy (non-hydrogen) atoms. The van der Waals surface area contributed by atoms with Gasteiger partial charge in [-0.2, -0.15) is 0 Å². The van der Waals surface area contributed by atoms with Crippen LogP contribution in [0.1, 0.15) is 47.5 Å². The summed E-state index contributed by atoms with van der Waals surface area (Å²) < 4.78 is 0. The van der Waals surface area contributed by atoms with E-state index in [4.69, 9.17) is 0 Å². The quantitative estimate of drug-likeness (QED) is 0.619. The standard InChI is InChI=1S/C11H22O/c1-8(2)10(4)6-9(3)7-11(5)12/h8-10H,6-7H2,1-5H3/t9-,10+/m1/s1. The number of carbonyl (C=O) groups excluding carboxylic acids is 1. The van der Waals surface area contributed by atoms with Gasteiger partial charge in [-0.25, -0.2) is 0 Å². The first-order valence-electron chi connectivity index (χ1n) is 4.93. The van der Waals surface area contributed by atoms with Crippen LogP contribution in [0.25, 0.3) is 0 Å². The van der Waals surface area contributed by atoms with Gasteiger partial charge in [-0.05, 0) is 31.1 Å². The molecule has 0 bridgehead atoms. The first-order chi connectivity index (χ1) is 5.43. The molecule has 0 heterocycles. The summed E-state index contributed by atoms with van der Waals surface area (Å²) in [7, 11) is 0. The molecule has 0 rings (SSSR count). The molecule has 0 amide bonds. The van der Waals surface area contributed by atoms with Crippen LogP contribution in [0.4, 0.5) is 0 Å². The van der Waals surface area contributed by atoms with Crippen molar-refractivity contribution in [2.45, 2.75) is 47.5 Å². The summed E-state index contributed by atoms with van der Waals surface area (Å²) in [4.78, 5) is 10.8. The normalized spacial score (nSPS) is 16.2. The second-order valence-electron chi connectivity index (χ2n) is 4.47. The Morgan fingerprint density at radius 2 is 1.67 bits per heavy atom. The highest BCUT2D eigenvalue weighted by Gasteiger charge is 2.12. The van der Waals surface area contributed by atoms with Crippen molar-refractivity contribution >= 4 is 5.78 Å². The van der Waals surface area contributed by atoms with Crippen LogP contribution >= 0.6 is 0 Å². The van der Waals surface area contributed by atoms with Crippen molar-refractivity contribution in [2.24, 2.45) is 17.8 Å². The van der Waals surface area contributed by atoms with E-state index in [1.165, 1.54) is 6.42 Å². The van der Waals surface area contributed by atoms with Crippen molar-refractivity contribution in [3.8, 4) is 0 Å². The molecule has 0 N–H and O–H groups in total. The molecule has 0 saturated carbocycles. The maximum absolute atomic E-state index is 10.8. The van der Waals surface area contributed by atoms with Gasteiger partial charge in [0, 0.05) is 6.42 Å². The zero-order chi connectivity index (χ0) is 9.72. The summed E-state index contributed by atoms with van der Waals surface area (Å²) in [6.07, 6.45) is 1.92. The second-order valence-corrected chi connectivity index (χ2v) is 4.47. The fraction of sp³-hybridized carbons (Fsp3) is 0.909. The lowest BCUT2D eigenvalue weighted by Crippen LogP contribution is -2.11. The molecule has 0 aromatic rings. The fourth-order valence-corrected chi connectivity index (χ4v) is 1.48. The predicted molar refractivity (Wildman–Crippen MR) is 53.1 cm³/mol. The van der Waals surface area contributed by atoms with Gasteiger partial charge in [0.15, 0.2) is 0 Å². The lowest BCUT2D eigenvalue weighted by Gasteiger charge is -2.19. The number of hydrogen-bond donors (Lipinski definition) is 0. The highest BCUT2D eigenvalue weighted by atomic mass is 16.1. The molecule has 1 nitrogen and oxygen atoms in total. The Labute approximate surface area is 76.6 Å². The predicted octanol–water partition coefficient (Wildman–Crippen LogP) is 3.28. The van der Waals surface area contributed by atoms with Gasteiger partial charge in [-0.1, -0.05) is 27.7 Å². The molecule has 0 spiro atoms. The topological polar surface area (TPSA) is 17.1 Å². The van der Waals surface area contributed by atoms with E-state index in [2.05, 4.69) is 27.7 Å². The van der Waals surface area contributed by atoms with E-state index in [1.54, 1.807) is 6.92 Å². The number of rotatable bonds is 5. The largest absolute Gasteiger partial charge is 0.300 e. The lowest BCUT2D eigenvalue weighted by atomic mass is 9.87. The van der Waals surface area contributed by atoms with Gasteiger partial charge in [0.2, 0.25) is 0 Å². The van der Waals surface area contributed by atoms with Crippen LogP contribution in [0.15, 0.2) is 0 Å². The summed E-state index contributed by atoms with van der Waals surface area (Å²) in [5, 5.41) is 0. The number of hydrogen-bond acceptors (Lipinski definition) is 1. The van der Waals surface area contributed by atoms with Gasteiger partial charge >= 0.3 is 0 Å². The fourth-order valence-electron chi connectivity index (χ4n) is 1.48. The van der Waals surface area contributed by atoms with Crippen LogP contribution in [0.2, 0.25) is 0 Å². The van der Waals surface area contributed by atoms with E-state index in [0.29, 0.717) is 11.7 Å². The molecule has 0 radical (unpaired) electrons. The Balaban J connectivity index is 3.68. The third kappa shape index (κ3) is 5.34. The molecule has 0 aromatic carbocycles. The van der Waals surface area contributed by atoms with Gasteiger partial charge in [-0.3, -0.25) is 0 Å². The molecule has 0 aliphatic rings. The van der Waals surface area contributed by atoms with Gasteiger partial charge < -0.3 is 4.79 Å². The van der Waals surface area contributed by atoms with Gasteiger partial charge in [0.25, 0.3) is 0 Å². The zero-order valence-electron chi connectivity index (χ0n) is 9.05. The van der Waals surface area contributed by atoms with Crippen LogP contribution in [0.5, 0.6) is 0 Å². The summed E-state index contributed by atoms with van der Waals surface area (Å²) in [6.45, 7) is 10.6. The van der Waals surface area contributed by atoms with Crippen LogP contribution in [-0.4, -0.2) is 5.78 Å². The smallest absolute Gasteiger partial charge is 0.130 e. The molecule has 1 heteroatoms. The van der Waals surface area contributed by atoms with Crippen molar-refractivity contribution in [2.75, 3.05) is 0 Å². The minimum Gasteiger partial charge on any atom is -0.300 e. The van der Waals surface area contributed by atoms with Crippen molar-refractivity contribution in [3.63, 3.8) is 0 Å². The minimum atomic E-state index is 0.318. The maximum atomic E-state index is 10.8. The monoisotopic (exact) mass is 170 g/mol. The van der Waals surface area contributed by atoms with Crippen LogP contribution < -0.4 is 0 Å². The van der Waals surface area contributed by atoms with Gasteiger partial charge in [-0.15, -0.1) is 0 Å². The Morgan fingerprint density at radius 3 is 2.00 bits per heavy atom. The third-order valence-electron chi connectivity index (χ3n) is 2.55. The molecule has 0 unspecified atom stereocenters. The van der Waals surface area contributed by atoms with E-state index < -0.39 is 0 Å². The van der Waals surface area contributed by atoms with E-state index in [9.17, 15) is 4.79 Å². The number of carbonyl (C=O) groups is 1. The molecule has 0 aliphatic carbocycles. The Morgan fingerprint density at radius 1 is 1.17 bits per heavy atom. The van der Waals surface area contributed by atoms with Gasteiger partial charge in [0.1, 0.15) is 5.78 Å². The maximum Gasteiger partial charge on any atom is 0.130 e. The molecule has 0 saturated heterocycles. The highest BCUT2D eigenvalue weighted by molar-refractivity contribution is 5.75. The second kappa shape index (κ2) is 5.34. The summed E-state index contributed by atoms with van der Waals surface area (Å²) in [5.41, 5.74) is 0. The third-order valence-corrected chi connectivity index (χ3v) is 2.55. The van der Waals surface area contributed by atoms with Crippen LogP contribution in [-0.2, 0) is 4.79 Å². The van der Waals surface area contributed by atoms with E-state index in [0.717, 1.165) is 18.3 Å². The first-order valence-corrected chi connectivity index (χ1v) is 4.93. The number of ketones is 1. The summed E-state index contributed by atoms with van der Waals surface area (Å²) >= 11 is 0. The van der Waals surface area contributed by atoms with Crippen molar-refractivity contribution in [1.82, 2.24) is 0 Å². The Kier molecular flexibility index (Phi) is 5.19. The SMILES string of the molecule is CC(=O)C[C@H](C)C[C@H](C)C(C)C. The summed E-state index contributed by atoms with van der Waals surface area (Å²) in [6, 6.07) is 0. The summed E-state index contributed by atoms with van der Waals surface area (Å²) in [5.74, 6) is 2.34. The lowest BCUT2D eigenvalue weighted by molar-refractivity contribution is -0.117. The van der Waals surface area contributed by atoms with Gasteiger partial charge in [0.05, 0.1) is 0 Å². The van der Waals surface area contributed by atoms with Crippen LogP contribution in [0, 0.1) is 17.8 Å². The molecule has 0 fully saturated rings. The number of Topliss-reactive ketones (excluding diaryl/α,β-unsaturated/α-hetero) is 1. The molecule has 0 aromatic heterocycles. The minimum absolute atomic E-state index is 0.318. The van der Waals surface area contributed by atoms with E-state index in [1.807, 2.05) is 0 Å². The van der Waals surface area contributed by atoms with E-state index in [-0.39, 0.29) is 0 Å². The Bertz CT molecular complexity index is 138. The molecule has 0 aliphatic heterocycles. The molecule has 2 atom stereocenters. The zero-order valence-corrected chi connectivity index (χ0v) is 9.05. The van der Waals surface area contributed by atoms with Crippen molar-refractivity contribution in [3.05, 3.63) is 0 Å². The van der Waals surface area contributed by atoms with Crippen LogP contribution in [0.3, 0.4) is 0 Å². The Hall–Kier alpha value is -0.330. The van der Waals surface area contributed by atoms with Crippen molar-refractivity contribution in [1.29, 1.82) is 0 Å². The highest BCUT2D eigenvalue weighted by Crippen LogP contribution is 2.21.